The van der Waals surface area contributed by atoms with E-state index < -0.39 is 5.97 Å². The SMILES string of the molecule is COC(=O)CN(C(=O)COc1ccc(C(C)(C)C)cc1)C(C)C. The fourth-order valence-corrected chi connectivity index (χ4v) is 2.04. The summed E-state index contributed by atoms with van der Waals surface area (Å²) in [5.41, 5.74) is 1.27. The summed E-state index contributed by atoms with van der Waals surface area (Å²) in [4.78, 5) is 25.0. The Labute approximate surface area is 138 Å². The van der Waals surface area contributed by atoms with Crippen LogP contribution in [-0.2, 0) is 19.7 Å². The standard InChI is InChI=1S/C18H27NO4/c1-13(2)19(11-17(21)22-6)16(20)12-23-15-9-7-14(8-10-15)18(3,4)5/h7-10,13H,11-12H2,1-6H3. The van der Waals surface area contributed by atoms with Crippen LogP contribution in [0.15, 0.2) is 24.3 Å². The molecule has 0 unspecified atom stereocenters. The zero-order valence-electron chi connectivity index (χ0n) is 14.9. The molecule has 1 amide bonds. The average molecular weight is 321 g/mol. The Kier molecular flexibility index (Phi) is 6.61. The van der Waals surface area contributed by atoms with Crippen LogP contribution in [0.5, 0.6) is 5.75 Å². The Balaban J connectivity index is 2.65. The van der Waals surface area contributed by atoms with E-state index >= 15 is 0 Å². The first-order valence-corrected chi connectivity index (χ1v) is 7.74. The second kappa shape index (κ2) is 7.99. The van der Waals surface area contributed by atoms with E-state index in [-0.39, 0.29) is 30.5 Å². The largest absolute Gasteiger partial charge is 0.484 e. The summed E-state index contributed by atoms with van der Waals surface area (Å²) in [6.45, 7) is 9.93. The Morgan fingerprint density at radius 2 is 1.70 bits per heavy atom. The van der Waals surface area contributed by atoms with Crippen LogP contribution < -0.4 is 4.74 Å². The van der Waals surface area contributed by atoms with Gasteiger partial charge in [0.25, 0.3) is 5.91 Å². The highest BCUT2D eigenvalue weighted by Gasteiger charge is 2.21. The van der Waals surface area contributed by atoms with E-state index in [1.165, 1.54) is 17.6 Å². The lowest BCUT2D eigenvalue weighted by atomic mass is 9.87. The van der Waals surface area contributed by atoms with E-state index in [0.29, 0.717) is 5.75 Å². The first-order chi connectivity index (χ1) is 10.6. The van der Waals surface area contributed by atoms with Crippen molar-refractivity contribution in [2.75, 3.05) is 20.3 Å². The third kappa shape index (κ3) is 5.93. The number of ether oxygens (including phenoxy) is 2. The third-order valence-electron chi connectivity index (χ3n) is 3.55. The molecule has 23 heavy (non-hydrogen) atoms. The molecule has 0 fully saturated rings. The van der Waals surface area contributed by atoms with Crippen molar-refractivity contribution in [1.29, 1.82) is 0 Å². The van der Waals surface area contributed by atoms with Crippen LogP contribution in [0.2, 0.25) is 0 Å². The molecule has 0 heterocycles. The van der Waals surface area contributed by atoms with Crippen molar-refractivity contribution in [3.05, 3.63) is 29.8 Å². The van der Waals surface area contributed by atoms with Crippen LogP contribution in [-0.4, -0.2) is 43.1 Å². The van der Waals surface area contributed by atoms with Crippen molar-refractivity contribution >= 4 is 11.9 Å². The fourth-order valence-electron chi connectivity index (χ4n) is 2.04. The number of rotatable bonds is 6. The summed E-state index contributed by atoms with van der Waals surface area (Å²) in [6.07, 6.45) is 0. The molecule has 0 aliphatic carbocycles. The molecule has 0 saturated heterocycles. The summed E-state index contributed by atoms with van der Waals surface area (Å²) in [5, 5.41) is 0. The molecular formula is C18H27NO4. The van der Waals surface area contributed by atoms with E-state index in [0.717, 1.165) is 0 Å². The smallest absolute Gasteiger partial charge is 0.325 e. The molecule has 0 saturated carbocycles. The zero-order valence-corrected chi connectivity index (χ0v) is 14.9. The molecule has 0 bridgehead atoms. The highest BCUT2D eigenvalue weighted by molar-refractivity contribution is 5.83. The van der Waals surface area contributed by atoms with Crippen LogP contribution >= 0.6 is 0 Å². The molecule has 0 spiro atoms. The summed E-state index contributed by atoms with van der Waals surface area (Å²) in [5.74, 6) is -0.0556. The van der Waals surface area contributed by atoms with Crippen molar-refractivity contribution in [1.82, 2.24) is 4.90 Å². The Hall–Kier alpha value is -2.04. The topological polar surface area (TPSA) is 55.8 Å². The number of benzene rings is 1. The maximum absolute atomic E-state index is 12.2. The number of nitrogens with zero attached hydrogens (tertiary/aromatic N) is 1. The number of carbonyl (C=O) groups is 2. The van der Waals surface area contributed by atoms with Gasteiger partial charge in [0, 0.05) is 6.04 Å². The lowest BCUT2D eigenvalue weighted by Gasteiger charge is -2.25. The van der Waals surface area contributed by atoms with Gasteiger partial charge in [0.15, 0.2) is 6.61 Å². The normalized spacial score (nSPS) is 11.3. The van der Waals surface area contributed by atoms with Crippen molar-refractivity contribution in [2.45, 2.75) is 46.1 Å². The van der Waals surface area contributed by atoms with E-state index in [1.807, 2.05) is 38.1 Å². The first-order valence-electron chi connectivity index (χ1n) is 7.74. The van der Waals surface area contributed by atoms with Gasteiger partial charge in [0.05, 0.1) is 7.11 Å². The second-order valence-corrected chi connectivity index (χ2v) is 6.75. The minimum atomic E-state index is -0.443. The maximum Gasteiger partial charge on any atom is 0.325 e. The molecule has 0 aromatic heterocycles. The molecular weight excluding hydrogens is 294 g/mol. The minimum Gasteiger partial charge on any atom is -0.484 e. The molecule has 0 atom stereocenters. The predicted octanol–water partition coefficient (Wildman–Crippen LogP) is 2.77. The average Bonchev–Trinajstić information content (AvgIpc) is 2.49. The van der Waals surface area contributed by atoms with Gasteiger partial charge in [-0.1, -0.05) is 32.9 Å². The van der Waals surface area contributed by atoms with Gasteiger partial charge in [-0.2, -0.15) is 0 Å². The second-order valence-electron chi connectivity index (χ2n) is 6.75. The van der Waals surface area contributed by atoms with Gasteiger partial charge in [-0.25, -0.2) is 0 Å². The monoisotopic (exact) mass is 321 g/mol. The summed E-state index contributed by atoms with van der Waals surface area (Å²) >= 11 is 0. The van der Waals surface area contributed by atoms with Gasteiger partial charge >= 0.3 is 5.97 Å². The first kappa shape index (κ1) is 19.0. The van der Waals surface area contributed by atoms with Gasteiger partial charge in [-0.05, 0) is 37.0 Å². The van der Waals surface area contributed by atoms with E-state index in [1.54, 1.807) is 0 Å². The van der Waals surface area contributed by atoms with Crippen LogP contribution in [0.4, 0.5) is 0 Å². The van der Waals surface area contributed by atoms with Gasteiger partial charge < -0.3 is 14.4 Å². The number of esters is 1. The predicted molar refractivity (Wildman–Crippen MR) is 89.5 cm³/mol. The quantitative estimate of drug-likeness (QED) is 0.756. The number of hydrogen-bond acceptors (Lipinski definition) is 4. The minimum absolute atomic E-state index is 0.0701. The molecule has 5 nitrogen and oxygen atoms in total. The lowest BCUT2D eigenvalue weighted by Crippen LogP contribution is -2.43. The zero-order chi connectivity index (χ0) is 17.6. The molecule has 0 aliphatic heterocycles. The fraction of sp³-hybridized carbons (Fsp3) is 0.556. The molecule has 0 radical (unpaired) electrons. The van der Waals surface area contributed by atoms with Gasteiger partial charge in [0.1, 0.15) is 12.3 Å². The molecule has 1 aromatic carbocycles. The molecule has 0 N–H and O–H groups in total. The molecule has 1 aromatic rings. The summed E-state index contributed by atoms with van der Waals surface area (Å²) < 4.78 is 10.2. The van der Waals surface area contributed by atoms with Crippen LogP contribution in [0.3, 0.4) is 0 Å². The maximum atomic E-state index is 12.2. The van der Waals surface area contributed by atoms with E-state index in [2.05, 4.69) is 25.5 Å². The molecule has 5 heteroatoms. The Bertz CT molecular complexity index is 529. The Morgan fingerprint density at radius 3 is 2.13 bits per heavy atom. The lowest BCUT2D eigenvalue weighted by molar-refractivity contribution is -0.149. The van der Waals surface area contributed by atoms with Crippen molar-refractivity contribution in [3.63, 3.8) is 0 Å². The number of carbonyl (C=O) groups excluding carboxylic acids is 2. The van der Waals surface area contributed by atoms with Gasteiger partial charge in [0.2, 0.25) is 0 Å². The summed E-state index contributed by atoms with van der Waals surface area (Å²) in [6, 6.07) is 7.60. The molecule has 1 rings (SSSR count). The van der Waals surface area contributed by atoms with Crippen LogP contribution in [0.25, 0.3) is 0 Å². The molecule has 128 valence electrons. The van der Waals surface area contributed by atoms with Crippen LogP contribution in [0.1, 0.15) is 40.2 Å². The highest BCUT2D eigenvalue weighted by Crippen LogP contribution is 2.24. The number of amides is 1. The van der Waals surface area contributed by atoms with E-state index in [4.69, 9.17) is 4.74 Å². The Morgan fingerprint density at radius 1 is 1.13 bits per heavy atom. The number of methoxy groups -OCH3 is 1. The molecule has 0 aliphatic rings. The van der Waals surface area contributed by atoms with Crippen molar-refractivity contribution in [2.24, 2.45) is 0 Å². The highest BCUT2D eigenvalue weighted by atomic mass is 16.5. The van der Waals surface area contributed by atoms with Crippen molar-refractivity contribution < 1.29 is 19.1 Å². The van der Waals surface area contributed by atoms with E-state index in [9.17, 15) is 9.59 Å². The number of hydrogen-bond donors (Lipinski definition) is 0. The van der Waals surface area contributed by atoms with Crippen molar-refractivity contribution in [3.8, 4) is 5.75 Å². The third-order valence-corrected chi connectivity index (χ3v) is 3.55. The van der Waals surface area contributed by atoms with Gasteiger partial charge in [-0.3, -0.25) is 9.59 Å². The van der Waals surface area contributed by atoms with Gasteiger partial charge in [-0.15, -0.1) is 0 Å². The van der Waals surface area contributed by atoms with Crippen LogP contribution in [0, 0.1) is 0 Å². The summed E-state index contributed by atoms with van der Waals surface area (Å²) in [7, 11) is 1.30.